The number of alkyl halides is 1. The molecule has 18 heavy (non-hydrogen) atoms. The number of hydrogen-bond donors (Lipinski definition) is 0. The summed E-state index contributed by atoms with van der Waals surface area (Å²) in [6.45, 7) is 2.06. The Bertz CT molecular complexity index is 511. The molecular weight excluding hydrogens is 248 g/mol. The van der Waals surface area contributed by atoms with E-state index in [-0.39, 0.29) is 16.6 Å². The molecule has 2 aliphatic carbocycles. The van der Waals surface area contributed by atoms with Crippen molar-refractivity contribution < 1.29 is 9.53 Å². The Morgan fingerprint density at radius 1 is 1.44 bits per heavy atom. The van der Waals surface area contributed by atoms with Gasteiger partial charge in [0, 0.05) is 0 Å². The van der Waals surface area contributed by atoms with E-state index in [2.05, 4.69) is 13.0 Å². The first-order valence-electron chi connectivity index (χ1n) is 6.43. The number of aryl methyl sites for hydroxylation is 1. The molecule has 0 N–H and O–H groups in total. The Labute approximate surface area is 112 Å². The molecule has 0 amide bonds. The Morgan fingerprint density at radius 3 is 2.94 bits per heavy atom. The fourth-order valence-corrected chi connectivity index (χ4v) is 4.06. The van der Waals surface area contributed by atoms with E-state index in [0.29, 0.717) is 5.92 Å². The van der Waals surface area contributed by atoms with E-state index < -0.39 is 0 Å². The lowest BCUT2D eigenvalue weighted by molar-refractivity contribution is -0.122. The first-order chi connectivity index (χ1) is 8.57. The number of rotatable bonds is 1. The molecule has 96 valence electrons. The average molecular weight is 265 g/mol. The van der Waals surface area contributed by atoms with Crippen LogP contribution in [0.25, 0.3) is 0 Å². The van der Waals surface area contributed by atoms with Crippen LogP contribution in [0.5, 0.6) is 5.75 Å². The second-order valence-corrected chi connectivity index (χ2v) is 6.06. The van der Waals surface area contributed by atoms with Gasteiger partial charge in [0.25, 0.3) is 0 Å². The molecule has 1 aromatic rings. The summed E-state index contributed by atoms with van der Waals surface area (Å²) < 4.78 is 5.26. The number of methoxy groups -OCH3 is 1. The monoisotopic (exact) mass is 264 g/mol. The van der Waals surface area contributed by atoms with Gasteiger partial charge in [0.2, 0.25) is 0 Å². The van der Waals surface area contributed by atoms with Gasteiger partial charge >= 0.3 is 0 Å². The minimum absolute atomic E-state index is 0.195. The van der Waals surface area contributed by atoms with Crippen molar-refractivity contribution in [3.8, 4) is 5.75 Å². The van der Waals surface area contributed by atoms with Crippen molar-refractivity contribution in [2.24, 2.45) is 5.92 Å². The van der Waals surface area contributed by atoms with E-state index in [9.17, 15) is 4.79 Å². The van der Waals surface area contributed by atoms with Crippen LogP contribution in [0, 0.1) is 5.92 Å². The molecular formula is C15H17ClO2. The normalized spacial score (nSPS) is 34.1. The first kappa shape index (κ1) is 12.0. The molecule has 0 heterocycles. The van der Waals surface area contributed by atoms with Gasteiger partial charge in [0.05, 0.1) is 17.9 Å². The minimum atomic E-state index is -0.383. The van der Waals surface area contributed by atoms with Gasteiger partial charge in [-0.05, 0) is 55.4 Å². The van der Waals surface area contributed by atoms with Crippen LogP contribution in [0.2, 0.25) is 0 Å². The van der Waals surface area contributed by atoms with E-state index in [1.54, 1.807) is 7.11 Å². The highest BCUT2D eigenvalue weighted by Crippen LogP contribution is 2.51. The SMILES string of the molecule is COc1ccc2c(c1)CC[C@H]1C[C@@H](Cl)C(=O)[C@@]21C. The summed E-state index contributed by atoms with van der Waals surface area (Å²) >= 11 is 6.18. The summed E-state index contributed by atoms with van der Waals surface area (Å²) in [6, 6.07) is 6.06. The molecule has 0 spiro atoms. The number of ether oxygens (including phenoxy) is 1. The summed E-state index contributed by atoms with van der Waals surface area (Å²) in [6.07, 6.45) is 2.89. The predicted octanol–water partition coefficient (Wildman–Crippen LogP) is 3.10. The Kier molecular flexibility index (Phi) is 2.67. The fourth-order valence-electron chi connectivity index (χ4n) is 3.62. The number of Topliss-reactive ketones (excluding diaryl/α,β-unsaturated/α-hetero) is 1. The molecule has 0 aliphatic heterocycles. The van der Waals surface area contributed by atoms with E-state index in [1.165, 1.54) is 5.56 Å². The van der Waals surface area contributed by atoms with Gasteiger partial charge in [0.1, 0.15) is 5.75 Å². The van der Waals surface area contributed by atoms with Gasteiger partial charge < -0.3 is 4.74 Å². The van der Waals surface area contributed by atoms with Crippen LogP contribution in [0.1, 0.15) is 30.9 Å². The van der Waals surface area contributed by atoms with Crippen molar-refractivity contribution >= 4 is 17.4 Å². The van der Waals surface area contributed by atoms with Crippen LogP contribution < -0.4 is 4.74 Å². The molecule has 2 nitrogen and oxygen atoms in total. The molecule has 3 rings (SSSR count). The summed E-state index contributed by atoms with van der Waals surface area (Å²) in [5, 5.41) is -0.312. The van der Waals surface area contributed by atoms with Gasteiger partial charge in [0.15, 0.2) is 5.78 Å². The third-order valence-electron chi connectivity index (χ3n) is 4.74. The molecule has 1 fully saturated rings. The number of fused-ring (bicyclic) bond motifs is 3. The number of benzene rings is 1. The lowest BCUT2D eigenvalue weighted by Gasteiger charge is -2.36. The topological polar surface area (TPSA) is 26.3 Å². The molecule has 0 unspecified atom stereocenters. The van der Waals surface area contributed by atoms with Crippen molar-refractivity contribution in [1.29, 1.82) is 0 Å². The van der Waals surface area contributed by atoms with Crippen molar-refractivity contribution in [2.45, 2.75) is 37.0 Å². The lowest BCUT2D eigenvalue weighted by atomic mass is 9.66. The molecule has 0 radical (unpaired) electrons. The zero-order chi connectivity index (χ0) is 12.9. The maximum atomic E-state index is 12.4. The van der Waals surface area contributed by atoms with Crippen LogP contribution >= 0.6 is 11.6 Å². The molecule has 1 aromatic carbocycles. The van der Waals surface area contributed by atoms with Gasteiger partial charge in [-0.25, -0.2) is 0 Å². The average Bonchev–Trinajstić information content (AvgIpc) is 2.62. The van der Waals surface area contributed by atoms with E-state index in [1.807, 2.05) is 12.1 Å². The third-order valence-corrected chi connectivity index (χ3v) is 5.11. The van der Waals surface area contributed by atoms with Crippen LogP contribution in [0.15, 0.2) is 18.2 Å². The van der Waals surface area contributed by atoms with Gasteiger partial charge in [-0.15, -0.1) is 11.6 Å². The second-order valence-electron chi connectivity index (χ2n) is 5.53. The van der Waals surface area contributed by atoms with Crippen molar-refractivity contribution in [1.82, 2.24) is 0 Å². The maximum absolute atomic E-state index is 12.4. The number of hydrogen-bond acceptors (Lipinski definition) is 2. The summed E-state index contributed by atoms with van der Waals surface area (Å²) in [7, 11) is 1.67. The van der Waals surface area contributed by atoms with Gasteiger partial charge in [-0.2, -0.15) is 0 Å². The minimum Gasteiger partial charge on any atom is -0.497 e. The van der Waals surface area contributed by atoms with Crippen molar-refractivity contribution in [3.63, 3.8) is 0 Å². The maximum Gasteiger partial charge on any atom is 0.161 e. The third kappa shape index (κ3) is 1.45. The van der Waals surface area contributed by atoms with Gasteiger partial charge in [-0.3, -0.25) is 4.79 Å². The van der Waals surface area contributed by atoms with Crippen LogP contribution in [0.3, 0.4) is 0 Å². The second kappa shape index (κ2) is 3.99. The molecule has 0 saturated heterocycles. The fraction of sp³-hybridized carbons (Fsp3) is 0.533. The number of carbonyl (C=O) groups is 1. The zero-order valence-corrected chi connectivity index (χ0v) is 11.5. The van der Waals surface area contributed by atoms with E-state index in [4.69, 9.17) is 16.3 Å². The van der Waals surface area contributed by atoms with E-state index >= 15 is 0 Å². The van der Waals surface area contributed by atoms with Gasteiger partial charge in [-0.1, -0.05) is 6.07 Å². The van der Waals surface area contributed by atoms with Crippen LogP contribution in [0.4, 0.5) is 0 Å². The molecule has 2 aliphatic rings. The highest BCUT2D eigenvalue weighted by atomic mass is 35.5. The smallest absolute Gasteiger partial charge is 0.161 e. The standard InChI is InChI=1S/C15H17ClO2/c1-15-10(8-13(16)14(15)17)4-3-9-7-11(18-2)5-6-12(9)15/h5-7,10,13H,3-4,8H2,1-2H3/t10-,13+,15+/m0/s1. The summed E-state index contributed by atoms with van der Waals surface area (Å²) in [4.78, 5) is 12.4. The zero-order valence-electron chi connectivity index (χ0n) is 10.7. The summed E-state index contributed by atoms with van der Waals surface area (Å²) in [5.74, 6) is 1.46. The highest BCUT2D eigenvalue weighted by Gasteiger charge is 2.53. The molecule has 0 bridgehead atoms. The molecule has 0 aromatic heterocycles. The largest absolute Gasteiger partial charge is 0.497 e. The number of ketones is 1. The number of halogens is 1. The molecule has 1 saturated carbocycles. The van der Waals surface area contributed by atoms with Crippen LogP contribution in [-0.2, 0) is 16.6 Å². The Hall–Kier alpha value is -1.02. The Balaban J connectivity index is 2.13. The van der Waals surface area contributed by atoms with E-state index in [0.717, 1.165) is 30.6 Å². The molecule has 3 atom stereocenters. The molecule has 3 heteroatoms. The van der Waals surface area contributed by atoms with Crippen LogP contribution in [-0.4, -0.2) is 18.3 Å². The number of carbonyl (C=O) groups excluding carboxylic acids is 1. The lowest BCUT2D eigenvalue weighted by Crippen LogP contribution is -2.39. The summed E-state index contributed by atoms with van der Waals surface area (Å²) in [5.41, 5.74) is 2.02. The highest BCUT2D eigenvalue weighted by molar-refractivity contribution is 6.33. The quantitative estimate of drug-likeness (QED) is 0.729. The van der Waals surface area contributed by atoms with Crippen molar-refractivity contribution in [2.75, 3.05) is 7.11 Å². The predicted molar refractivity (Wildman–Crippen MR) is 71.4 cm³/mol. The van der Waals surface area contributed by atoms with Crippen molar-refractivity contribution in [3.05, 3.63) is 29.3 Å². The first-order valence-corrected chi connectivity index (χ1v) is 6.86. The Morgan fingerprint density at radius 2 is 2.22 bits per heavy atom.